The van der Waals surface area contributed by atoms with Crippen LogP contribution in [0.25, 0.3) is 0 Å². The summed E-state index contributed by atoms with van der Waals surface area (Å²) < 4.78 is 18.1. The number of aromatic nitrogens is 2. The van der Waals surface area contributed by atoms with Crippen LogP contribution in [0.4, 0.5) is 5.82 Å². The standard InChI is InChI=1S/C25H34N4O5S/c1-25(2,3)23-21-22(16-7-8-17(32-5)18(13-16)33-6)35-15-20(31)29(24(21)27(4)26-23)14-19(30)28-9-11-34-12-10-28/h7-8,13,22H,9-12,14-15H2,1-6H3. The summed E-state index contributed by atoms with van der Waals surface area (Å²) in [7, 11) is 5.06. The van der Waals surface area contributed by atoms with E-state index in [-0.39, 0.29) is 34.8 Å². The van der Waals surface area contributed by atoms with Gasteiger partial charge in [-0.1, -0.05) is 26.8 Å². The zero-order chi connectivity index (χ0) is 25.3. The topological polar surface area (TPSA) is 86.1 Å². The Bertz CT molecular complexity index is 1100. The lowest BCUT2D eigenvalue weighted by Gasteiger charge is -2.30. The van der Waals surface area contributed by atoms with Crippen molar-refractivity contribution >= 4 is 29.4 Å². The van der Waals surface area contributed by atoms with Crippen molar-refractivity contribution in [2.24, 2.45) is 7.05 Å². The van der Waals surface area contributed by atoms with Gasteiger partial charge in [-0.25, -0.2) is 0 Å². The number of ether oxygens (including phenoxy) is 3. The highest BCUT2D eigenvalue weighted by Gasteiger charge is 2.39. The molecule has 0 N–H and O–H groups in total. The van der Waals surface area contributed by atoms with E-state index in [0.29, 0.717) is 43.6 Å². The van der Waals surface area contributed by atoms with Crippen LogP contribution in [0, 0.1) is 0 Å². The van der Waals surface area contributed by atoms with Crippen molar-refractivity contribution < 1.29 is 23.8 Å². The fourth-order valence-electron chi connectivity index (χ4n) is 4.57. The number of methoxy groups -OCH3 is 2. The van der Waals surface area contributed by atoms with Crippen molar-refractivity contribution in [1.29, 1.82) is 0 Å². The highest BCUT2D eigenvalue weighted by molar-refractivity contribution is 8.00. The molecule has 2 aliphatic heterocycles. The number of amides is 2. The molecule has 0 bridgehead atoms. The third-order valence-electron chi connectivity index (χ3n) is 6.32. The molecule has 0 aliphatic carbocycles. The quantitative estimate of drug-likeness (QED) is 0.621. The Balaban J connectivity index is 1.82. The first-order valence-corrected chi connectivity index (χ1v) is 12.8. The van der Waals surface area contributed by atoms with Gasteiger partial charge in [0.25, 0.3) is 0 Å². The van der Waals surface area contributed by atoms with Crippen molar-refractivity contribution in [3.63, 3.8) is 0 Å². The van der Waals surface area contributed by atoms with Gasteiger partial charge in [0.05, 0.1) is 44.1 Å². The Hall–Kier alpha value is -2.72. The van der Waals surface area contributed by atoms with Crippen LogP contribution in [0.3, 0.4) is 0 Å². The predicted molar refractivity (Wildman–Crippen MR) is 136 cm³/mol. The zero-order valence-electron chi connectivity index (χ0n) is 21.3. The van der Waals surface area contributed by atoms with Crippen LogP contribution >= 0.6 is 11.8 Å². The Kier molecular flexibility index (Phi) is 7.32. The number of hydrogen-bond donors (Lipinski definition) is 0. The number of benzene rings is 1. The van der Waals surface area contributed by atoms with Crippen LogP contribution in [0.5, 0.6) is 11.5 Å². The second kappa shape index (κ2) is 10.1. The Morgan fingerprint density at radius 1 is 1.17 bits per heavy atom. The number of hydrogen-bond acceptors (Lipinski definition) is 7. The van der Waals surface area contributed by atoms with E-state index in [1.165, 1.54) is 0 Å². The molecule has 2 aromatic rings. The van der Waals surface area contributed by atoms with Crippen LogP contribution in [0.1, 0.15) is 42.8 Å². The van der Waals surface area contributed by atoms with Crippen LogP contribution in [-0.4, -0.2) is 79.3 Å². The molecule has 1 fully saturated rings. The molecule has 35 heavy (non-hydrogen) atoms. The largest absolute Gasteiger partial charge is 0.493 e. The number of anilines is 1. The Morgan fingerprint density at radius 3 is 2.49 bits per heavy atom. The van der Waals surface area contributed by atoms with Gasteiger partial charge < -0.3 is 19.1 Å². The Labute approximate surface area is 210 Å². The molecular formula is C25H34N4O5S. The summed E-state index contributed by atoms with van der Waals surface area (Å²) in [5.41, 5.74) is 2.58. The van der Waals surface area contributed by atoms with E-state index < -0.39 is 0 Å². The van der Waals surface area contributed by atoms with Crippen LogP contribution < -0.4 is 14.4 Å². The molecule has 2 aliphatic rings. The molecule has 190 valence electrons. The van der Waals surface area contributed by atoms with Crippen molar-refractivity contribution in [3.8, 4) is 11.5 Å². The maximum absolute atomic E-state index is 13.4. The first-order chi connectivity index (χ1) is 16.7. The molecule has 3 heterocycles. The van der Waals surface area contributed by atoms with E-state index in [2.05, 4.69) is 20.8 Å². The fourth-order valence-corrected chi connectivity index (χ4v) is 5.76. The van der Waals surface area contributed by atoms with Gasteiger partial charge in [-0.05, 0) is 17.7 Å². The number of fused-ring (bicyclic) bond motifs is 1. The summed E-state index contributed by atoms with van der Waals surface area (Å²) >= 11 is 1.54. The lowest BCUT2D eigenvalue weighted by atomic mass is 9.87. The SMILES string of the molecule is COc1ccc(C2SCC(=O)N(CC(=O)N3CCOCC3)c3c2c(C(C)(C)C)nn3C)cc1OC. The van der Waals surface area contributed by atoms with Crippen molar-refractivity contribution in [3.05, 3.63) is 35.0 Å². The predicted octanol–water partition coefficient (Wildman–Crippen LogP) is 2.76. The highest BCUT2D eigenvalue weighted by atomic mass is 32.2. The summed E-state index contributed by atoms with van der Waals surface area (Å²) in [5.74, 6) is 2.00. The van der Waals surface area contributed by atoms with E-state index in [9.17, 15) is 9.59 Å². The molecule has 1 aromatic heterocycles. The van der Waals surface area contributed by atoms with Gasteiger partial charge in [-0.15, -0.1) is 11.8 Å². The number of rotatable bonds is 5. The summed E-state index contributed by atoms with van der Waals surface area (Å²) in [6.45, 7) is 8.43. The summed E-state index contributed by atoms with van der Waals surface area (Å²) in [6, 6.07) is 5.84. The first kappa shape index (κ1) is 25.4. The summed E-state index contributed by atoms with van der Waals surface area (Å²) in [4.78, 5) is 30.0. The maximum Gasteiger partial charge on any atom is 0.242 e. The molecule has 4 rings (SSSR count). The molecule has 0 saturated carbocycles. The molecule has 9 nitrogen and oxygen atoms in total. The highest BCUT2D eigenvalue weighted by Crippen LogP contribution is 2.48. The minimum absolute atomic E-state index is 0.0197. The number of carbonyl (C=O) groups is 2. The van der Waals surface area contributed by atoms with Crippen molar-refractivity contribution in [1.82, 2.24) is 14.7 Å². The lowest BCUT2D eigenvalue weighted by molar-refractivity contribution is -0.134. The molecule has 1 atom stereocenters. The van der Waals surface area contributed by atoms with E-state index in [4.69, 9.17) is 19.3 Å². The third kappa shape index (κ3) is 4.99. The van der Waals surface area contributed by atoms with E-state index in [1.54, 1.807) is 40.5 Å². The van der Waals surface area contributed by atoms with Crippen molar-refractivity contribution in [2.75, 3.05) is 57.7 Å². The van der Waals surface area contributed by atoms with Gasteiger partial charge in [-0.2, -0.15) is 5.10 Å². The van der Waals surface area contributed by atoms with Gasteiger partial charge in [0.15, 0.2) is 11.5 Å². The number of carbonyl (C=O) groups excluding carboxylic acids is 2. The normalized spacial score (nSPS) is 18.8. The molecule has 1 saturated heterocycles. The van der Waals surface area contributed by atoms with Gasteiger partial charge in [0.2, 0.25) is 11.8 Å². The van der Waals surface area contributed by atoms with Gasteiger partial charge in [0.1, 0.15) is 12.4 Å². The molecule has 2 amide bonds. The molecule has 1 unspecified atom stereocenters. The average Bonchev–Trinajstić information content (AvgIpc) is 3.12. The Morgan fingerprint density at radius 2 is 1.86 bits per heavy atom. The molecular weight excluding hydrogens is 468 g/mol. The van der Waals surface area contributed by atoms with Crippen LogP contribution in [0.2, 0.25) is 0 Å². The molecule has 1 aromatic carbocycles. The number of morpholine rings is 1. The van der Waals surface area contributed by atoms with E-state index in [0.717, 1.165) is 16.8 Å². The van der Waals surface area contributed by atoms with E-state index in [1.807, 2.05) is 25.2 Å². The van der Waals surface area contributed by atoms with Gasteiger partial charge >= 0.3 is 0 Å². The zero-order valence-corrected chi connectivity index (χ0v) is 22.1. The monoisotopic (exact) mass is 502 g/mol. The second-order valence-corrected chi connectivity index (χ2v) is 10.8. The second-order valence-electron chi connectivity index (χ2n) is 9.74. The van der Waals surface area contributed by atoms with E-state index >= 15 is 0 Å². The fraction of sp³-hybridized carbons (Fsp3) is 0.560. The minimum atomic E-state index is -0.270. The van der Waals surface area contributed by atoms with Crippen molar-refractivity contribution in [2.45, 2.75) is 31.4 Å². The number of aryl methyl sites for hydroxylation is 1. The molecule has 0 spiro atoms. The third-order valence-corrected chi connectivity index (χ3v) is 7.58. The van der Waals surface area contributed by atoms with Gasteiger partial charge in [-0.3, -0.25) is 19.2 Å². The summed E-state index contributed by atoms with van der Waals surface area (Å²) in [6.07, 6.45) is 0. The van der Waals surface area contributed by atoms with Crippen LogP contribution in [0.15, 0.2) is 18.2 Å². The molecule has 0 radical (unpaired) electrons. The number of thioether (sulfide) groups is 1. The first-order valence-electron chi connectivity index (χ1n) is 11.7. The summed E-state index contributed by atoms with van der Waals surface area (Å²) in [5, 5.41) is 4.70. The minimum Gasteiger partial charge on any atom is -0.493 e. The molecule has 10 heteroatoms. The smallest absolute Gasteiger partial charge is 0.242 e. The van der Waals surface area contributed by atoms with Crippen LogP contribution in [-0.2, 0) is 26.8 Å². The maximum atomic E-state index is 13.4. The number of nitrogens with zero attached hydrogens (tertiary/aromatic N) is 4. The average molecular weight is 503 g/mol. The van der Waals surface area contributed by atoms with Gasteiger partial charge in [0, 0.05) is 31.1 Å². The lowest BCUT2D eigenvalue weighted by Crippen LogP contribution is -2.48.